The maximum absolute atomic E-state index is 13.1. The average Bonchev–Trinajstić information content (AvgIpc) is 2.76. The maximum atomic E-state index is 13.1. The number of rotatable bonds is 7. The van der Waals surface area contributed by atoms with Crippen molar-refractivity contribution < 1.29 is 36.2 Å². The lowest BCUT2D eigenvalue weighted by Gasteiger charge is -2.44. The van der Waals surface area contributed by atoms with E-state index in [0.29, 0.717) is 36.9 Å². The molecule has 0 saturated carbocycles. The van der Waals surface area contributed by atoms with E-state index in [-0.39, 0.29) is 24.4 Å². The van der Waals surface area contributed by atoms with Gasteiger partial charge in [0.25, 0.3) is 0 Å². The molecule has 1 N–H and O–H groups in total. The van der Waals surface area contributed by atoms with E-state index in [1.807, 2.05) is 6.92 Å². The molecule has 9 heteroatoms. The highest BCUT2D eigenvalue weighted by molar-refractivity contribution is 5.67. The Kier molecular flexibility index (Phi) is 7.95. The van der Waals surface area contributed by atoms with Crippen LogP contribution in [0.1, 0.15) is 73.4 Å². The second-order valence-corrected chi connectivity index (χ2v) is 8.79. The smallest absolute Gasteiger partial charge is 0.416 e. The Bertz CT molecular complexity index is 953. The predicted octanol–water partition coefficient (Wildman–Crippen LogP) is 7.49. The van der Waals surface area contributed by atoms with Crippen LogP contribution in [0.3, 0.4) is 0 Å². The quantitative estimate of drug-likeness (QED) is 0.411. The van der Waals surface area contributed by atoms with Crippen LogP contribution in [0.5, 0.6) is 0 Å². The van der Waals surface area contributed by atoms with Crippen LogP contribution in [0.4, 0.5) is 26.3 Å². The topological polar surface area (TPSA) is 40.5 Å². The van der Waals surface area contributed by atoms with Crippen LogP contribution in [0.15, 0.2) is 48.5 Å². The fourth-order valence-corrected chi connectivity index (χ4v) is 4.78. The number of carbonyl (C=O) groups is 1. The van der Waals surface area contributed by atoms with Crippen molar-refractivity contribution >= 4 is 5.97 Å². The largest absolute Gasteiger partial charge is 0.481 e. The molecule has 2 aromatic rings. The molecule has 0 bridgehead atoms. The van der Waals surface area contributed by atoms with Gasteiger partial charge in [-0.1, -0.05) is 37.6 Å². The Hall–Kier alpha value is -2.55. The molecule has 1 saturated heterocycles. The van der Waals surface area contributed by atoms with Gasteiger partial charge in [0, 0.05) is 18.5 Å². The minimum absolute atomic E-state index is 0.0380. The molecular formula is C25H27F6NO2. The van der Waals surface area contributed by atoms with E-state index in [0.717, 1.165) is 30.7 Å². The minimum Gasteiger partial charge on any atom is -0.481 e. The molecule has 0 aliphatic carbocycles. The van der Waals surface area contributed by atoms with Crippen LogP contribution in [0.25, 0.3) is 0 Å². The molecule has 3 rings (SSSR count). The standard InChI is InChI=1S/C25H27F6NO2/c1-2-3-21(17-4-8-19(9-5-17)24(26,27)28)32-13-12-16(15-23(33)34)14-22(32)18-6-10-20(11-7-18)25(29,30)31/h4-11,16,21-22H,2-3,12-15H2,1H3,(H,33,34). The molecule has 34 heavy (non-hydrogen) atoms. The highest BCUT2D eigenvalue weighted by atomic mass is 19.4. The zero-order valence-corrected chi connectivity index (χ0v) is 18.7. The molecular weight excluding hydrogens is 460 g/mol. The minimum atomic E-state index is -4.47. The van der Waals surface area contributed by atoms with E-state index < -0.39 is 29.4 Å². The summed E-state index contributed by atoms with van der Waals surface area (Å²) in [6, 6.07) is 9.27. The van der Waals surface area contributed by atoms with Gasteiger partial charge in [-0.25, -0.2) is 0 Å². The van der Waals surface area contributed by atoms with Gasteiger partial charge in [-0.15, -0.1) is 0 Å². The lowest BCUT2D eigenvalue weighted by atomic mass is 9.82. The fraction of sp³-hybridized carbons (Fsp3) is 0.480. The highest BCUT2D eigenvalue weighted by Crippen LogP contribution is 2.43. The van der Waals surface area contributed by atoms with Crippen molar-refractivity contribution in [2.45, 2.75) is 63.5 Å². The molecule has 186 valence electrons. The monoisotopic (exact) mass is 487 g/mol. The van der Waals surface area contributed by atoms with Gasteiger partial charge < -0.3 is 5.11 Å². The summed E-state index contributed by atoms with van der Waals surface area (Å²) in [4.78, 5) is 13.4. The Morgan fingerprint density at radius 3 is 1.97 bits per heavy atom. The van der Waals surface area contributed by atoms with Gasteiger partial charge in [-0.05, 0) is 67.1 Å². The summed E-state index contributed by atoms with van der Waals surface area (Å²) in [5.41, 5.74) is -0.181. The average molecular weight is 487 g/mol. The number of alkyl halides is 6. The third-order valence-corrected chi connectivity index (χ3v) is 6.42. The zero-order chi connectivity index (χ0) is 25.1. The number of nitrogens with zero attached hydrogens (tertiary/aromatic N) is 1. The van der Waals surface area contributed by atoms with Gasteiger partial charge in [0.2, 0.25) is 0 Å². The molecule has 3 unspecified atom stereocenters. The third-order valence-electron chi connectivity index (χ3n) is 6.42. The molecule has 1 aliphatic rings. The molecule has 3 atom stereocenters. The van der Waals surface area contributed by atoms with Crippen molar-refractivity contribution in [2.75, 3.05) is 6.54 Å². The van der Waals surface area contributed by atoms with Gasteiger partial charge >= 0.3 is 18.3 Å². The normalized spacial score (nSPS) is 20.8. The summed E-state index contributed by atoms with van der Waals surface area (Å²) in [6.07, 6.45) is -6.53. The van der Waals surface area contributed by atoms with Crippen LogP contribution in [-0.2, 0) is 17.1 Å². The van der Waals surface area contributed by atoms with E-state index in [1.54, 1.807) is 0 Å². The molecule has 1 fully saturated rings. The van der Waals surface area contributed by atoms with E-state index in [1.165, 1.54) is 24.3 Å². The number of aliphatic carboxylic acids is 1. The first-order valence-electron chi connectivity index (χ1n) is 11.2. The second-order valence-electron chi connectivity index (χ2n) is 8.79. The molecule has 3 nitrogen and oxygen atoms in total. The van der Waals surface area contributed by atoms with Gasteiger partial charge in [-0.3, -0.25) is 9.69 Å². The number of hydrogen-bond donors (Lipinski definition) is 1. The number of carboxylic acids is 1. The Morgan fingerprint density at radius 2 is 1.50 bits per heavy atom. The van der Waals surface area contributed by atoms with Crippen molar-refractivity contribution in [1.82, 2.24) is 4.90 Å². The number of hydrogen-bond acceptors (Lipinski definition) is 2. The van der Waals surface area contributed by atoms with Crippen LogP contribution < -0.4 is 0 Å². The van der Waals surface area contributed by atoms with Crippen LogP contribution in [-0.4, -0.2) is 22.5 Å². The summed E-state index contributed by atoms with van der Waals surface area (Å²) in [5, 5.41) is 9.25. The Labute approximate surface area is 194 Å². The molecule has 0 amide bonds. The van der Waals surface area contributed by atoms with Crippen molar-refractivity contribution in [3.8, 4) is 0 Å². The molecule has 0 spiro atoms. The summed E-state index contributed by atoms with van der Waals surface area (Å²) >= 11 is 0. The van der Waals surface area contributed by atoms with Gasteiger partial charge in [0.1, 0.15) is 0 Å². The SMILES string of the molecule is CCCC(c1ccc(C(F)(F)F)cc1)N1CCC(CC(=O)O)CC1c1ccc(C(F)(F)F)cc1. The van der Waals surface area contributed by atoms with Crippen LogP contribution in [0.2, 0.25) is 0 Å². The first kappa shape index (κ1) is 26.1. The number of benzene rings is 2. The highest BCUT2D eigenvalue weighted by Gasteiger charge is 2.37. The maximum Gasteiger partial charge on any atom is 0.416 e. The fourth-order valence-electron chi connectivity index (χ4n) is 4.78. The predicted molar refractivity (Wildman–Crippen MR) is 115 cm³/mol. The van der Waals surface area contributed by atoms with E-state index in [4.69, 9.17) is 0 Å². The van der Waals surface area contributed by atoms with Gasteiger partial charge in [-0.2, -0.15) is 26.3 Å². The number of halogens is 6. The summed E-state index contributed by atoms with van der Waals surface area (Å²) in [7, 11) is 0. The van der Waals surface area contributed by atoms with Gasteiger partial charge in [0.05, 0.1) is 11.1 Å². The molecule has 2 aromatic carbocycles. The van der Waals surface area contributed by atoms with Crippen molar-refractivity contribution in [1.29, 1.82) is 0 Å². The number of piperidine rings is 1. The van der Waals surface area contributed by atoms with E-state index in [9.17, 15) is 36.2 Å². The van der Waals surface area contributed by atoms with Gasteiger partial charge in [0.15, 0.2) is 0 Å². The summed E-state index contributed by atoms with van der Waals surface area (Å²) in [5.74, 6) is -1.08. The lowest BCUT2D eigenvalue weighted by Crippen LogP contribution is -2.40. The Morgan fingerprint density at radius 1 is 0.971 bits per heavy atom. The van der Waals surface area contributed by atoms with E-state index >= 15 is 0 Å². The number of carboxylic acid groups (broad SMARTS) is 1. The first-order valence-corrected chi connectivity index (χ1v) is 11.2. The molecule has 0 radical (unpaired) electrons. The van der Waals surface area contributed by atoms with Crippen molar-refractivity contribution in [2.24, 2.45) is 5.92 Å². The molecule has 1 aliphatic heterocycles. The zero-order valence-electron chi connectivity index (χ0n) is 18.7. The first-order chi connectivity index (χ1) is 15.9. The lowest BCUT2D eigenvalue weighted by molar-refractivity contribution is -0.139. The van der Waals surface area contributed by atoms with Crippen LogP contribution >= 0.6 is 0 Å². The third kappa shape index (κ3) is 6.31. The summed E-state index contributed by atoms with van der Waals surface area (Å²) in [6.45, 7) is 2.46. The molecule has 1 heterocycles. The Balaban J connectivity index is 1.96. The second kappa shape index (κ2) is 10.4. The summed E-state index contributed by atoms with van der Waals surface area (Å²) < 4.78 is 78.3. The van der Waals surface area contributed by atoms with Crippen molar-refractivity contribution in [3.63, 3.8) is 0 Å². The van der Waals surface area contributed by atoms with Crippen molar-refractivity contribution in [3.05, 3.63) is 70.8 Å². The van der Waals surface area contributed by atoms with E-state index in [2.05, 4.69) is 4.90 Å². The number of likely N-dealkylation sites (tertiary alicyclic amines) is 1. The molecule has 0 aromatic heterocycles. The van der Waals surface area contributed by atoms with Crippen LogP contribution in [0, 0.1) is 5.92 Å².